The van der Waals surface area contributed by atoms with E-state index in [1.54, 1.807) is 12.1 Å². The molecule has 2 atom stereocenters. The van der Waals surface area contributed by atoms with Crippen LogP contribution < -0.4 is 5.73 Å². The molecule has 118 valence electrons. The van der Waals surface area contributed by atoms with E-state index in [-0.39, 0.29) is 17.9 Å². The fraction of sp³-hybridized carbons (Fsp3) is 0.647. The molecule has 2 nitrogen and oxygen atoms in total. The van der Waals surface area contributed by atoms with Crippen molar-refractivity contribution in [2.75, 3.05) is 18.8 Å². The van der Waals surface area contributed by atoms with E-state index < -0.39 is 0 Å². The van der Waals surface area contributed by atoms with Gasteiger partial charge in [0.05, 0.1) is 0 Å². The second kappa shape index (κ2) is 7.12. The number of nitrogens with two attached hydrogens (primary N) is 1. The molecule has 0 aromatic heterocycles. The lowest BCUT2D eigenvalue weighted by atomic mass is 9.95. The molecule has 4 heteroatoms. The number of thioether (sulfide) groups is 1. The van der Waals surface area contributed by atoms with Gasteiger partial charge in [-0.3, -0.25) is 4.90 Å². The normalized spacial score (nSPS) is 22.5. The molecule has 1 fully saturated rings. The highest BCUT2D eigenvalue weighted by atomic mass is 32.2. The Hall–Kier alpha value is -0.580. The van der Waals surface area contributed by atoms with Crippen LogP contribution in [-0.4, -0.2) is 34.5 Å². The Kier molecular flexibility index (Phi) is 5.69. The summed E-state index contributed by atoms with van der Waals surface area (Å²) < 4.78 is 13.9. The van der Waals surface area contributed by atoms with Gasteiger partial charge in [0, 0.05) is 35.7 Å². The lowest BCUT2D eigenvalue weighted by Crippen LogP contribution is -2.42. The first-order valence-electron chi connectivity index (χ1n) is 7.82. The number of rotatable bonds is 4. The van der Waals surface area contributed by atoms with Crippen molar-refractivity contribution in [3.8, 4) is 0 Å². The predicted molar refractivity (Wildman–Crippen MR) is 90.1 cm³/mol. The van der Waals surface area contributed by atoms with Crippen molar-refractivity contribution in [3.05, 3.63) is 35.6 Å². The highest BCUT2D eigenvalue weighted by Crippen LogP contribution is 2.34. The molecule has 1 saturated heterocycles. The Morgan fingerprint density at radius 2 is 2.14 bits per heavy atom. The quantitative estimate of drug-likeness (QED) is 0.916. The van der Waals surface area contributed by atoms with Gasteiger partial charge in [0.25, 0.3) is 0 Å². The third kappa shape index (κ3) is 4.44. The third-order valence-corrected chi connectivity index (χ3v) is 5.71. The van der Waals surface area contributed by atoms with Gasteiger partial charge in [-0.1, -0.05) is 32.9 Å². The van der Waals surface area contributed by atoms with Crippen molar-refractivity contribution >= 4 is 11.8 Å². The molecule has 1 aliphatic heterocycles. The van der Waals surface area contributed by atoms with Crippen LogP contribution in [0.3, 0.4) is 0 Å². The summed E-state index contributed by atoms with van der Waals surface area (Å²) in [4.78, 5) is 2.45. The van der Waals surface area contributed by atoms with Gasteiger partial charge in [-0.2, -0.15) is 11.8 Å². The Bertz CT molecular complexity index is 464. The summed E-state index contributed by atoms with van der Waals surface area (Å²) >= 11 is 2.02. The molecular weight excluding hydrogens is 283 g/mol. The van der Waals surface area contributed by atoms with Crippen molar-refractivity contribution in [3.63, 3.8) is 0 Å². The maximum atomic E-state index is 13.6. The molecule has 0 saturated carbocycles. The second-order valence-electron chi connectivity index (χ2n) is 6.47. The summed E-state index contributed by atoms with van der Waals surface area (Å²) in [6, 6.07) is 7.09. The molecule has 2 unspecified atom stereocenters. The summed E-state index contributed by atoms with van der Waals surface area (Å²) in [6.45, 7) is 8.75. The van der Waals surface area contributed by atoms with Crippen LogP contribution in [-0.2, 0) is 0 Å². The van der Waals surface area contributed by atoms with E-state index in [2.05, 4.69) is 25.7 Å². The van der Waals surface area contributed by atoms with Gasteiger partial charge >= 0.3 is 0 Å². The van der Waals surface area contributed by atoms with Crippen LogP contribution in [0.5, 0.6) is 0 Å². The SMILES string of the molecule is CCC(N)C(c1cccc(F)c1)N1CCSC(C)(C)CC1. The molecule has 0 bridgehead atoms. The molecule has 0 aliphatic carbocycles. The van der Waals surface area contributed by atoms with Crippen molar-refractivity contribution in [1.29, 1.82) is 0 Å². The molecule has 0 amide bonds. The van der Waals surface area contributed by atoms with Gasteiger partial charge in [-0.05, 0) is 30.5 Å². The first-order chi connectivity index (χ1) is 9.93. The standard InChI is InChI=1S/C17H27FN2S/c1-4-15(19)16(13-6-5-7-14(18)12-13)20-9-8-17(2,3)21-11-10-20/h5-7,12,15-16H,4,8-11,19H2,1-3H3. The van der Waals surface area contributed by atoms with Crippen LogP contribution in [0.1, 0.15) is 45.2 Å². The fourth-order valence-electron chi connectivity index (χ4n) is 2.96. The zero-order valence-corrected chi connectivity index (χ0v) is 14.1. The largest absolute Gasteiger partial charge is 0.326 e. The predicted octanol–water partition coefficient (Wildman–Crippen LogP) is 3.82. The van der Waals surface area contributed by atoms with Crippen LogP contribution in [0.15, 0.2) is 24.3 Å². The number of hydrogen-bond acceptors (Lipinski definition) is 3. The Labute approximate surface area is 132 Å². The molecule has 0 spiro atoms. The molecule has 1 heterocycles. The summed E-state index contributed by atoms with van der Waals surface area (Å²) in [5, 5.41) is 0. The second-order valence-corrected chi connectivity index (χ2v) is 8.27. The minimum absolute atomic E-state index is 0.0398. The van der Waals surface area contributed by atoms with Crippen LogP contribution in [0.4, 0.5) is 4.39 Å². The molecule has 1 aromatic rings. The fourth-order valence-corrected chi connectivity index (χ4v) is 4.07. The van der Waals surface area contributed by atoms with E-state index in [0.29, 0.717) is 4.75 Å². The van der Waals surface area contributed by atoms with Gasteiger partial charge in [0.15, 0.2) is 0 Å². The van der Waals surface area contributed by atoms with E-state index >= 15 is 0 Å². The van der Waals surface area contributed by atoms with E-state index in [1.807, 2.05) is 17.8 Å². The topological polar surface area (TPSA) is 29.3 Å². The highest BCUT2D eigenvalue weighted by molar-refractivity contribution is 8.00. The van der Waals surface area contributed by atoms with Crippen LogP contribution in [0, 0.1) is 5.82 Å². The lowest BCUT2D eigenvalue weighted by molar-refractivity contribution is 0.176. The molecule has 2 rings (SSSR count). The van der Waals surface area contributed by atoms with E-state index in [9.17, 15) is 4.39 Å². The minimum Gasteiger partial charge on any atom is -0.326 e. The van der Waals surface area contributed by atoms with E-state index in [1.165, 1.54) is 6.07 Å². The summed E-state index contributed by atoms with van der Waals surface area (Å²) in [5.41, 5.74) is 7.39. The number of benzene rings is 1. The van der Waals surface area contributed by atoms with Crippen molar-refractivity contribution in [1.82, 2.24) is 4.90 Å². The average Bonchev–Trinajstić information content (AvgIpc) is 2.60. The zero-order valence-electron chi connectivity index (χ0n) is 13.3. The van der Waals surface area contributed by atoms with Gasteiger partial charge < -0.3 is 5.73 Å². The molecule has 2 N–H and O–H groups in total. The van der Waals surface area contributed by atoms with Gasteiger partial charge in [-0.15, -0.1) is 0 Å². The molecule has 1 aromatic carbocycles. The maximum Gasteiger partial charge on any atom is 0.123 e. The highest BCUT2D eigenvalue weighted by Gasteiger charge is 2.30. The molecule has 21 heavy (non-hydrogen) atoms. The summed E-state index contributed by atoms with van der Waals surface area (Å²) in [5.74, 6) is 0.931. The van der Waals surface area contributed by atoms with Gasteiger partial charge in [0.1, 0.15) is 5.82 Å². The molecular formula is C17H27FN2S. The van der Waals surface area contributed by atoms with Gasteiger partial charge in [0.2, 0.25) is 0 Å². The lowest BCUT2D eigenvalue weighted by Gasteiger charge is -2.35. The summed E-state index contributed by atoms with van der Waals surface area (Å²) in [6.07, 6.45) is 2.04. The average molecular weight is 310 g/mol. The molecule has 1 aliphatic rings. The van der Waals surface area contributed by atoms with Crippen LogP contribution in [0.25, 0.3) is 0 Å². The summed E-state index contributed by atoms with van der Waals surface area (Å²) in [7, 11) is 0. The number of nitrogens with zero attached hydrogens (tertiary/aromatic N) is 1. The van der Waals surface area contributed by atoms with Gasteiger partial charge in [-0.25, -0.2) is 4.39 Å². The minimum atomic E-state index is -0.176. The maximum absolute atomic E-state index is 13.6. The monoisotopic (exact) mass is 310 g/mol. The number of halogens is 1. The first kappa shape index (κ1) is 16.8. The third-order valence-electron chi connectivity index (χ3n) is 4.33. The number of hydrogen-bond donors (Lipinski definition) is 1. The molecule has 0 radical (unpaired) electrons. The Balaban J connectivity index is 2.24. The zero-order chi connectivity index (χ0) is 15.5. The van der Waals surface area contributed by atoms with Crippen molar-refractivity contribution in [2.45, 2.75) is 50.4 Å². The van der Waals surface area contributed by atoms with E-state index in [4.69, 9.17) is 5.73 Å². The van der Waals surface area contributed by atoms with E-state index in [0.717, 1.165) is 37.2 Å². The van der Waals surface area contributed by atoms with Crippen molar-refractivity contribution in [2.24, 2.45) is 5.73 Å². The van der Waals surface area contributed by atoms with Crippen LogP contribution >= 0.6 is 11.8 Å². The van der Waals surface area contributed by atoms with Crippen molar-refractivity contribution < 1.29 is 4.39 Å². The van der Waals surface area contributed by atoms with Crippen LogP contribution in [0.2, 0.25) is 0 Å². The first-order valence-corrected chi connectivity index (χ1v) is 8.80. The Morgan fingerprint density at radius 3 is 2.81 bits per heavy atom. The smallest absolute Gasteiger partial charge is 0.123 e. The Morgan fingerprint density at radius 1 is 1.38 bits per heavy atom.